The Balaban J connectivity index is 1.70. The molecule has 5 aromatic carbocycles. The van der Waals surface area contributed by atoms with Crippen LogP contribution >= 0.6 is 6.60 Å². The van der Waals surface area contributed by atoms with Crippen molar-refractivity contribution >= 4 is 33.1 Å². The molecule has 3 aliphatic rings. The van der Waals surface area contributed by atoms with Crippen molar-refractivity contribution in [3.05, 3.63) is 138 Å². The molecule has 2 aliphatic carbocycles. The summed E-state index contributed by atoms with van der Waals surface area (Å²) in [5, 5.41) is 7.56. The first-order valence-corrected chi connectivity index (χ1v) is 17.1. The van der Waals surface area contributed by atoms with Gasteiger partial charge in [-0.3, -0.25) is 0 Å². The Morgan fingerprint density at radius 3 is 1.10 bits per heavy atom. The molecule has 0 saturated heterocycles. The summed E-state index contributed by atoms with van der Waals surface area (Å²) in [4.78, 5) is 0. The standard InChI is InChI=1S/C38H35P/c1-4-16-30(17-5-1)39(31-18-6-2-7-19-31,32-20-8-3-9-21-32)35-26-24-28-14-10-12-22-33(28)37(35)38-34-23-13-11-15-29(34)25-27-36(38)39/h1-9,16-21,24-27H,10-15,22-23H2. The second-order valence-corrected chi connectivity index (χ2v) is 16.5. The van der Waals surface area contributed by atoms with Crippen molar-refractivity contribution in [2.45, 2.75) is 51.4 Å². The fourth-order valence-electron chi connectivity index (χ4n) is 8.52. The van der Waals surface area contributed by atoms with E-state index in [2.05, 4.69) is 115 Å². The molecule has 192 valence electrons. The van der Waals surface area contributed by atoms with E-state index >= 15 is 0 Å². The Morgan fingerprint density at radius 2 is 0.718 bits per heavy atom. The van der Waals surface area contributed by atoms with E-state index in [9.17, 15) is 0 Å². The predicted octanol–water partition coefficient (Wildman–Crippen LogP) is 6.91. The molecule has 0 bridgehead atoms. The topological polar surface area (TPSA) is 0 Å². The van der Waals surface area contributed by atoms with Crippen LogP contribution in [0.2, 0.25) is 0 Å². The number of benzene rings is 5. The molecule has 1 heterocycles. The molecular formula is C38H35P. The molecule has 0 atom stereocenters. The van der Waals surface area contributed by atoms with E-state index in [1.54, 1.807) is 44.0 Å². The van der Waals surface area contributed by atoms with Crippen molar-refractivity contribution in [1.82, 2.24) is 0 Å². The second-order valence-electron chi connectivity index (χ2n) is 11.7. The zero-order valence-electron chi connectivity index (χ0n) is 22.6. The first kappa shape index (κ1) is 23.4. The SMILES string of the molecule is c1ccc(P2(c3ccccc3)(c3ccccc3)c3ccc4c(c3-c3c2ccc2c3CCCC2)CCCC4)cc1. The van der Waals surface area contributed by atoms with Crippen LogP contribution in [0.3, 0.4) is 0 Å². The molecule has 39 heavy (non-hydrogen) atoms. The minimum absolute atomic E-state index is 1.20. The van der Waals surface area contributed by atoms with E-state index in [1.165, 1.54) is 67.3 Å². The van der Waals surface area contributed by atoms with E-state index in [4.69, 9.17) is 0 Å². The fourth-order valence-corrected chi connectivity index (χ4v) is 15.8. The van der Waals surface area contributed by atoms with Crippen LogP contribution in [-0.2, 0) is 25.7 Å². The average molecular weight is 523 g/mol. The van der Waals surface area contributed by atoms with Crippen LogP contribution in [0, 0.1) is 0 Å². The molecule has 8 rings (SSSR count). The van der Waals surface area contributed by atoms with Gasteiger partial charge in [-0.25, -0.2) is 0 Å². The van der Waals surface area contributed by atoms with Gasteiger partial charge in [-0.2, -0.15) is 0 Å². The number of hydrogen-bond donors (Lipinski definition) is 0. The van der Waals surface area contributed by atoms with Crippen molar-refractivity contribution in [3.8, 4) is 11.1 Å². The molecule has 0 nitrogen and oxygen atoms in total. The Bertz CT molecular complexity index is 1530. The second kappa shape index (κ2) is 8.77. The summed E-state index contributed by atoms with van der Waals surface area (Å²) in [7, 11) is 0. The van der Waals surface area contributed by atoms with Crippen LogP contribution in [0.1, 0.15) is 47.9 Å². The quantitative estimate of drug-likeness (QED) is 0.222. The maximum atomic E-state index is 2.58. The predicted molar refractivity (Wildman–Crippen MR) is 170 cm³/mol. The Labute approximate surface area is 232 Å². The molecule has 0 unspecified atom stereocenters. The number of fused-ring (bicyclic) bond motifs is 7. The summed E-state index contributed by atoms with van der Waals surface area (Å²) in [6, 6.07) is 45.0. The third-order valence-electron chi connectivity index (χ3n) is 10.1. The molecule has 5 aromatic rings. The normalized spacial score (nSPS) is 19.0. The Morgan fingerprint density at radius 1 is 0.359 bits per heavy atom. The molecule has 0 saturated carbocycles. The molecule has 0 radical (unpaired) electrons. The van der Waals surface area contributed by atoms with Gasteiger partial charge in [-0.15, -0.1) is 0 Å². The van der Waals surface area contributed by atoms with Gasteiger partial charge in [0.25, 0.3) is 0 Å². The molecule has 0 spiro atoms. The van der Waals surface area contributed by atoms with Crippen LogP contribution in [0.5, 0.6) is 0 Å². The number of aryl methyl sites for hydroxylation is 2. The van der Waals surface area contributed by atoms with Gasteiger partial charge >= 0.3 is 233 Å². The zero-order chi connectivity index (χ0) is 25.9. The third-order valence-corrected chi connectivity index (χ3v) is 16.7. The van der Waals surface area contributed by atoms with E-state index in [-0.39, 0.29) is 0 Å². The van der Waals surface area contributed by atoms with Crippen molar-refractivity contribution < 1.29 is 0 Å². The van der Waals surface area contributed by atoms with Gasteiger partial charge in [0.1, 0.15) is 0 Å². The van der Waals surface area contributed by atoms with Gasteiger partial charge in [0.2, 0.25) is 0 Å². The number of hydrogen-bond acceptors (Lipinski definition) is 0. The van der Waals surface area contributed by atoms with Gasteiger partial charge in [-0.1, -0.05) is 0 Å². The van der Waals surface area contributed by atoms with E-state index < -0.39 is 6.60 Å². The van der Waals surface area contributed by atoms with Crippen molar-refractivity contribution in [2.24, 2.45) is 0 Å². The summed E-state index contributed by atoms with van der Waals surface area (Å²) in [5.74, 6) is 0. The molecular weight excluding hydrogens is 487 g/mol. The zero-order valence-corrected chi connectivity index (χ0v) is 23.5. The van der Waals surface area contributed by atoms with Crippen LogP contribution in [0.25, 0.3) is 11.1 Å². The molecule has 0 aromatic heterocycles. The fraction of sp³-hybridized carbons (Fsp3) is 0.211. The Kier molecular flexibility index (Phi) is 5.27. The third kappa shape index (κ3) is 2.89. The van der Waals surface area contributed by atoms with Crippen LogP contribution in [0.4, 0.5) is 0 Å². The first-order valence-electron chi connectivity index (χ1n) is 14.8. The van der Waals surface area contributed by atoms with Crippen LogP contribution < -0.4 is 26.5 Å². The maximum absolute atomic E-state index is 3.31. The average Bonchev–Trinajstić information content (AvgIpc) is 3.32. The van der Waals surface area contributed by atoms with Crippen molar-refractivity contribution in [3.63, 3.8) is 0 Å². The first-order chi connectivity index (χ1) is 19.3. The van der Waals surface area contributed by atoms with E-state index in [0.29, 0.717) is 0 Å². The molecule has 0 N–H and O–H groups in total. The summed E-state index contributed by atoms with van der Waals surface area (Å²) >= 11 is 0. The van der Waals surface area contributed by atoms with Crippen LogP contribution in [-0.4, -0.2) is 0 Å². The van der Waals surface area contributed by atoms with Gasteiger partial charge in [0.05, 0.1) is 0 Å². The molecule has 1 heteroatoms. The van der Waals surface area contributed by atoms with Gasteiger partial charge in [0, 0.05) is 0 Å². The Hall–Kier alpha value is -3.47. The van der Waals surface area contributed by atoms with Crippen molar-refractivity contribution in [2.75, 3.05) is 0 Å². The van der Waals surface area contributed by atoms with Gasteiger partial charge in [0.15, 0.2) is 0 Å². The van der Waals surface area contributed by atoms with E-state index in [0.717, 1.165) is 0 Å². The van der Waals surface area contributed by atoms with Gasteiger partial charge in [-0.05, 0) is 0 Å². The molecule has 0 fully saturated rings. The van der Waals surface area contributed by atoms with Crippen molar-refractivity contribution in [1.29, 1.82) is 0 Å². The summed E-state index contributed by atoms with van der Waals surface area (Å²) in [6.45, 7) is -3.31. The summed E-state index contributed by atoms with van der Waals surface area (Å²) < 4.78 is 0. The molecule has 1 aliphatic heterocycles. The van der Waals surface area contributed by atoms with Crippen LogP contribution in [0.15, 0.2) is 115 Å². The summed E-state index contributed by atoms with van der Waals surface area (Å²) in [6.07, 6.45) is 10.0. The summed E-state index contributed by atoms with van der Waals surface area (Å²) in [5.41, 5.74) is 9.69. The van der Waals surface area contributed by atoms with Gasteiger partial charge < -0.3 is 0 Å². The molecule has 0 amide bonds. The van der Waals surface area contributed by atoms with E-state index in [1.807, 2.05) is 0 Å². The monoisotopic (exact) mass is 522 g/mol. The number of rotatable bonds is 3. The minimum atomic E-state index is -3.31.